The Balaban J connectivity index is 2.04. The van der Waals surface area contributed by atoms with Crippen LogP contribution in [0.25, 0.3) is 11.0 Å². The number of carbonyl (C=O) groups is 1. The molecule has 1 amide bonds. The number of alkyl halides is 3. The topological polar surface area (TPSA) is 70.7 Å². The van der Waals surface area contributed by atoms with E-state index in [1.807, 2.05) is 0 Å². The molecule has 5 nitrogen and oxygen atoms in total. The highest BCUT2D eigenvalue weighted by Gasteiger charge is 2.35. The van der Waals surface area contributed by atoms with Crippen LogP contribution in [0.5, 0.6) is 0 Å². The van der Waals surface area contributed by atoms with Crippen LogP contribution in [0.4, 0.5) is 13.2 Å². The fraction of sp³-hybridized carbons (Fsp3) is 0.364. The third-order valence-electron chi connectivity index (χ3n) is 2.82. The Morgan fingerprint density at radius 1 is 1.37 bits per heavy atom. The van der Waals surface area contributed by atoms with Gasteiger partial charge in [0.15, 0.2) is 0 Å². The summed E-state index contributed by atoms with van der Waals surface area (Å²) >= 11 is 0. The molecule has 1 aliphatic rings. The molecule has 3 rings (SSSR count). The Hall–Kier alpha value is -2.12. The fourth-order valence-corrected chi connectivity index (χ4v) is 1.72. The Kier molecular flexibility index (Phi) is 2.48. The van der Waals surface area contributed by atoms with E-state index in [0.29, 0.717) is 0 Å². The molecule has 0 atom stereocenters. The summed E-state index contributed by atoms with van der Waals surface area (Å²) in [6, 6.07) is 0.115. The van der Waals surface area contributed by atoms with Gasteiger partial charge in [-0.15, -0.1) is 0 Å². The van der Waals surface area contributed by atoms with Gasteiger partial charge in [-0.1, -0.05) is 0 Å². The van der Waals surface area contributed by atoms with Crippen molar-refractivity contribution in [2.75, 3.05) is 0 Å². The zero-order valence-electron chi connectivity index (χ0n) is 9.58. The van der Waals surface area contributed by atoms with Crippen LogP contribution in [0, 0.1) is 0 Å². The van der Waals surface area contributed by atoms with Crippen molar-refractivity contribution >= 4 is 16.9 Å². The molecule has 0 unspecified atom stereocenters. The predicted molar refractivity (Wildman–Crippen MR) is 59.4 cm³/mol. The second-order valence-corrected chi connectivity index (χ2v) is 4.41. The average molecular weight is 270 g/mol. The second kappa shape index (κ2) is 3.94. The number of halogens is 3. The molecule has 2 aromatic heterocycles. The van der Waals surface area contributed by atoms with Crippen LogP contribution in [0.2, 0.25) is 0 Å². The van der Waals surface area contributed by atoms with Crippen LogP contribution in [0.1, 0.15) is 29.0 Å². The van der Waals surface area contributed by atoms with E-state index in [-0.39, 0.29) is 22.6 Å². The molecule has 2 N–H and O–H groups in total. The summed E-state index contributed by atoms with van der Waals surface area (Å²) in [6.07, 6.45) is -0.358. The Morgan fingerprint density at radius 3 is 2.74 bits per heavy atom. The molecule has 100 valence electrons. The van der Waals surface area contributed by atoms with E-state index >= 15 is 0 Å². The number of imidazole rings is 1. The molecule has 8 heteroatoms. The number of hydrogen-bond acceptors (Lipinski definition) is 3. The fourth-order valence-electron chi connectivity index (χ4n) is 1.72. The van der Waals surface area contributed by atoms with Crippen LogP contribution < -0.4 is 5.32 Å². The van der Waals surface area contributed by atoms with Crippen LogP contribution in [-0.2, 0) is 6.18 Å². The first-order chi connectivity index (χ1) is 8.95. The smallest absolute Gasteiger partial charge is 0.349 e. The Labute approximate surface area is 105 Å². The predicted octanol–water partition coefficient (Wildman–Crippen LogP) is 1.87. The number of H-pyrrole nitrogens is 1. The number of hydrogen-bond donors (Lipinski definition) is 2. The lowest BCUT2D eigenvalue weighted by molar-refractivity contribution is -0.144. The van der Waals surface area contributed by atoms with Gasteiger partial charge in [0.05, 0.1) is 17.3 Å². The number of pyridine rings is 1. The minimum absolute atomic E-state index is 0.0134. The minimum Gasteiger partial charge on any atom is -0.349 e. The zero-order valence-corrected chi connectivity index (χ0v) is 9.58. The van der Waals surface area contributed by atoms with E-state index in [2.05, 4.69) is 20.3 Å². The number of aromatic nitrogens is 3. The third-order valence-corrected chi connectivity index (χ3v) is 2.82. The second-order valence-electron chi connectivity index (χ2n) is 4.41. The molecule has 0 saturated heterocycles. The normalized spacial score (nSPS) is 15.7. The van der Waals surface area contributed by atoms with Gasteiger partial charge in [-0.2, -0.15) is 13.2 Å². The molecule has 2 heterocycles. The van der Waals surface area contributed by atoms with Crippen molar-refractivity contribution in [2.45, 2.75) is 25.1 Å². The summed E-state index contributed by atoms with van der Waals surface area (Å²) in [5, 5.41) is 2.70. The number of carbonyl (C=O) groups excluding carboxylic acids is 1. The van der Waals surface area contributed by atoms with Crippen molar-refractivity contribution < 1.29 is 18.0 Å². The highest BCUT2D eigenvalue weighted by atomic mass is 19.4. The lowest BCUT2D eigenvalue weighted by Crippen LogP contribution is -2.25. The summed E-state index contributed by atoms with van der Waals surface area (Å²) in [7, 11) is 0. The number of nitrogens with zero attached hydrogens (tertiary/aromatic N) is 2. The number of amides is 1. The van der Waals surface area contributed by atoms with Crippen molar-refractivity contribution in [2.24, 2.45) is 0 Å². The van der Waals surface area contributed by atoms with E-state index in [1.165, 1.54) is 12.4 Å². The van der Waals surface area contributed by atoms with Gasteiger partial charge in [-0.25, -0.2) is 4.98 Å². The van der Waals surface area contributed by atoms with Gasteiger partial charge in [0.2, 0.25) is 5.82 Å². The summed E-state index contributed by atoms with van der Waals surface area (Å²) in [6.45, 7) is 0. The van der Waals surface area contributed by atoms with Gasteiger partial charge in [-0.3, -0.25) is 9.78 Å². The van der Waals surface area contributed by atoms with Crippen LogP contribution in [0.15, 0.2) is 12.4 Å². The van der Waals surface area contributed by atoms with E-state index < -0.39 is 17.9 Å². The molecule has 2 aromatic rings. The maximum Gasteiger partial charge on any atom is 0.449 e. The molecule has 1 aliphatic carbocycles. The molecule has 1 fully saturated rings. The van der Waals surface area contributed by atoms with E-state index in [9.17, 15) is 18.0 Å². The minimum atomic E-state index is -4.58. The van der Waals surface area contributed by atoms with Gasteiger partial charge < -0.3 is 10.3 Å². The monoisotopic (exact) mass is 270 g/mol. The highest BCUT2D eigenvalue weighted by molar-refractivity contribution is 6.04. The summed E-state index contributed by atoms with van der Waals surface area (Å²) in [4.78, 5) is 21.2. The Bertz CT molecular complexity index is 645. The molecular weight excluding hydrogens is 261 g/mol. The maximum atomic E-state index is 12.6. The van der Waals surface area contributed by atoms with E-state index in [0.717, 1.165) is 12.8 Å². The van der Waals surface area contributed by atoms with Crippen LogP contribution >= 0.6 is 0 Å². The standard InChI is InChI=1S/C11H9F3N4O/c12-11(13,14)10-17-7-4-15-3-6(8(7)18-10)9(19)16-5-1-2-5/h3-5H,1-2H2,(H,16,19)(H,17,18). The van der Waals surface area contributed by atoms with Gasteiger partial charge in [-0.05, 0) is 12.8 Å². The lowest BCUT2D eigenvalue weighted by atomic mass is 10.2. The maximum absolute atomic E-state index is 12.6. The van der Waals surface area contributed by atoms with Gasteiger partial charge in [0.1, 0.15) is 5.52 Å². The number of aromatic amines is 1. The first kappa shape index (κ1) is 11.9. The number of rotatable bonds is 2. The van der Waals surface area contributed by atoms with Crippen molar-refractivity contribution in [3.63, 3.8) is 0 Å². The summed E-state index contributed by atoms with van der Waals surface area (Å²) < 4.78 is 37.7. The molecule has 0 bridgehead atoms. The largest absolute Gasteiger partial charge is 0.449 e. The van der Waals surface area contributed by atoms with Gasteiger partial charge >= 0.3 is 6.18 Å². The first-order valence-electron chi connectivity index (χ1n) is 5.67. The molecular formula is C11H9F3N4O. The molecule has 0 aromatic carbocycles. The molecule has 0 spiro atoms. The number of fused-ring (bicyclic) bond motifs is 1. The van der Waals surface area contributed by atoms with Crippen molar-refractivity contribution in [3.8, 4) is 0 Å². The lowest BCUT2D eigenvalue weighted by Gasteiger charge is -2.02. The summed E-state index contributed by atoms with van der Waals surface area (Å²) in [5.41, 5.74) is 0.132. The SMILES string of the molecule is O=C(NC1CC1)c1cncc2[nH]c(C(F)(F)F)nc12. The molecule has 1 saturated carbocycles. The van der Waals surface area contributed by atoms with Crippen LogP contribution in [0.3, 0.4) is 0 Å². The van der Waals surface area contributed by atoms with Crippen molar-refractivity contribution in [3.05, 3.63) is 23.8 Å². The Morgan fingerprint density at radius 2 is 2.11 bits per heavy atom. The molecule has 0 aliphatic heterocycles. The molecule has 0 radical (unpaired) electrons. The quantitative estimate of drug-likeness (QED) is 0.875. The van der Waals surface area contributed by atoms with Gasteiger partial charge in [0.25, 0.3) is 5.91 Å². The first-order valence-corrected chi connectivity index (χ1v) is 5.67. The van der Waals surface area contributed by atoms with Crippen molar-refractivity contribution in [1.29, 1.82) is 0 Å². The van der Waals surface area contributed by atoms with E-state index in [4.69, 9.17) is 0 Å². The van der Waals surface area contributed by atoms with Crippen molar-refractivity contribution in [1.82, 2.24) is 20.3 Å². The zero-order chi connectivity index (χ0) is 13.6. The third kappa shape index (κ3) is 2.25. The average Bonchev–Trinajstić information content (AvgIpc) is 3.02. The number of nitrogens with one attached hydrogen (secondary N) is 2. The highest BCUT2D eigenvalue weighted by Crippen LogP contribution is 2.29. The van der Waals surface area contributed by atoms with E-state index in [1.54, 1.807) is 0 Å². The van der Waals surface area contributed by atoms with Crippen LogP contribution in [-0.4, -0.2) is 26.9 Å². The summed E-state index contributed by atoms with van der Waals surface area (Å²) in [5.74, 6) is -1.57. The molecule has 19 heavy (non-hydrogen) atoms. The van der Waals surface area contributed by atoms with Gasteiger partial charge in [0, 0.05) is 12.2 Å².